The zero-order valence-corrected chi connectivity index (χ0v) is 9.33. The molecule has 0 radical (unpaired) electrons. The van der Waals surface area contributed by atoms with E-state index in [0.717, 1.165) is 12.1 Å². The zero-order chi connectivity index (χ0) is 11.4. The van der Waals surface area contributed by atoms with E-state index in [1.807, 2.05) is 4.57 Å². The topological polar surface area (TPSA) is 54.7 Å². The molecule has 0 aliphatic heterocycles. The van der Waals surface area contributed by atoms with Crippen molar-refractivity contribution in [2.45, 2.75) is 26.8 Å². The van der Waals surface area contributed by atoms with Crippen LogP contribution in [-0.2, 0) is 13.0 Å². The highest BCUT2D eigenvalue weighted by atomic mass is 15.0. The molecule has 80 valence electrons. The van der Waals surface area contributed by atoms with E-state index in [1.54, 1.807) is 12.1 Å². The molecule has 0 aliphatic rings. The van der Waals surface area contributed by atoms with Crippen LogP contribution in [0.15, 0.2) is 18.7 Å². The van der Waals surface area contributed by atoms with Crippen molar-refractivity contribution in [3.05, 3.63) is 30.1 Å². The largest absolute Gasteiger partial charge is 0.397 e. The first kappa shape index (κ1) is 11.4. The minimum Gasteiger partial charge on any atom is -0.397 e. The van der Waals surface area contributed by atoms with Gasteiger partial charge in [0.1, 0.15) is 11.8 Å². The van der Waals surface area contributed by atoms with E-state index in [9.17, 15) is 0 Å². The van der Waals surface area contributed by atoms with Gasteiger partial charge in [0.05, 0.1) is 5.69 Å². The number of nitriles is 1. The Kier molecular flexibility index (Phi) is 3.56. The molecule has 0 spiro atoms. The molecule has 0 atom stereocenters. The molecule has 0 fully saturated rings. The summed E-state index contributed by atoms with van der Waals surface area (Å²) in [5, 5.41) is 8.96. The van der Waals surface area contributed by atoms with Crippen LogP contribution in [0.1, 0.15) is 25.2 Å². The minimum atomic E-state index is 0.525. The number of nitrogens with zero attached hydrogens (tertiary/aromatic N) is 2. The summed E-state index contributed by atoms with van der Waals surface area (Å²) in [6, 6.07) is 3.89. The smallest absolute Gasteiger partial charge is 0.122 e. The highest BCUT2D eigenvalue weighted by Gasteiger charge is 2.12. The summed E-state index contributed by atoms with van der Waals surface area (Å²) >= 11 is 0. The van der Waals surface area contributed by atoms with Gasteiger partial charge in [-0.2, -0.15) is 5.26 Å². The molecule has 0 saturated heterocycles. The number of rotatable bonds is 4. The van der Waals surface area contributed by atoms with Crippen molar-refractivity contribution in [2.24, 2.45) is 5.92 Å². The molecule has 0 amide bonds. The highest BCUT2D eigenvalue weighted by molar-refractivity contribution is 5.51. The fraction of sp³-hybridized carbons (Fsp3) is 0.417. The first-order valence-electron chi connectivity index (χ1n) is 5.09. The fourth-order valence-electron chi connectivity index (χ4n) is 1.65. The van der Waals surface area contributed by atoms with Crippen molar-refractivity contribution in [1.82, 2.24) is 4.57 Å². The van der Waals surface area contributed by atoms with Gasteiger partial charge in [0, 0.05) is 12.2 Å². The molecule has 0 aliphatic carbocycles. The lowest BCUT2D eigenvalue weighted by Crippen LogP contribution is -2.08. The second kappa shape index (κ2) is 4.70. The van der Waals surface area contributed by atoms with Crippen molar-refractivity contribution < 1.29 is 0 Å². The molecule has 15 heavy (non-hydrogen) atoms. The van der Waals surface area contributed by atoms with Crippen LogP contribution in [0.5, 0.6) is 0 Å². The summed E-state index contributed by atoms with van der Waals surface area (Å²) in [4.78, 5) is 0. The summed E-state index contributed by atoms with van der Waals surface area (Å²) in [5.74, 6) is 0.525. The van der Waals surface area contributed by atoms with E-state index in [2.05, 4.69) is 26.5 Å². The third kappa shape index (κ3) is 2.41. The third-order valence-corrected chi connectivity index (χ3v) is 2.27. The van der Waals surface area contributed by atoms with Gasteiger partial charge < -0.3 is 10.3 Å². The Morgan fingerprint density at radius 3 is 2.80 bits per heavy atom. The van der Waals surface area contributed by atoms with Gasteiger partial charge in [-0.3, -0.25) is 0 Å². The van der Waals surface area contributed by atoms with Crippen LogP contribution >= 0.6 is 0 Å². The average Bonchev–Trinajstić information content (AvgIpc) is 2.45. The van der Waals surface area contributed by atoms with Gasteiger partial charge in [-0.15, -0.1) is 6.58 Å². The number of hydrogen-bond donors (Lipinski definition) is 1. The number of hydrogen-bond acceptors (Lipinski definition) is 2. The molecule has 2 N–H and O–H groups in total. The lowest BCUT2D eigenvalue weighted by Gasteiger charge is -2.10. The monoisotopic (exact) mass is 203 g/mol. The maximum absolute atomic E-state index is 8.96. The Labute approximate surface area is 90.8 Å². The summed E-state index contributed by atoms with van der Waals surface area (Å²) < 4.78 is 1.93. The Balaban J connectivity index is 3.16. The lowest BCUT2D eigenvalue weighted by molar-refractivity contribution is 0.607. The van der Waals surface area contributed by atoms with E-state index in [-0.39, 0.29) is 0 Å². The molecular weight excluding hydrogens is 186 g/mol. The lowest BCUT2D eigenvalue weighted by atomic mass is 10.1. The number of anilines is 1. The first-order valence-corrected chi connectivity index (χ1v) is 5.09. The van der Waals surface area contributed by atoms with Crippen LogP contribution in [0.4, 0.5) is 5.69 Å². The molecule has 0 unspecified atom stereocenters. The molecule has 3 heteroatoms. The van der Waals surface area contributed by atoms with Gasteiger partial charge >= 0.3 is 0 Å². The fourth-order valence-corrected chi connectivity index (χ4v) is 1.65. The van der Waals surface area contributed by atoms with Crippen LogP contribution in [0.3, 0.4) is 0 Å². The number of nitrogen functional groups attached to an aromatic ring is 1. The van der Waals surface area contributed by atoms with E-state index in [1.165, 1.54) is 0 Å². The van der Waals surface area contributed by atoms with Gasteiger partial charge in [0.2, 0.25) is 0 Å². The van der Waals surface area contributed by atoms with Crippen molar-refractivity contribution in [2.75, 3.05) is 5.73 Å². The van der Waals surface area contributed by atoms with Gasteiger partial charge in [0.15, 0.2) is 0 Å². The summed E-state index contributed by atoms with van der Waals surface area (Å²) in [6.07, 6.45) is 2.67. The number of nitrogens with two attached hydrogens (primary N) is 1. The SMILES string of the molecule is C=CCn1c(C#N)cc(N)c1CC(C)C. The van der Waals surface area contributed by atoms with Crippen LogP contribution < -0.4 is 5.73 Å². The average molecular weight is 203 g/mol. The van der Waals surface area contributed by atoms with Crippen LogP contribution in [0.25, 0.3) is 0 Å². The van der Waals surface area contributed by atoms with Crippen molar-refractivity contribution >= 4 is 5.69 Å². The molecule has 1 aromatic heterocycles. The quantitative estimate of drug-likeness (QED) is 0.763. The molecule has 1 heterocycles. The van der Waals surface area contributed by atoms with Crippen molar-refractivity contribution in [3.8, 4) is 6.07 Å². The van der Waals surface area contributed by atoms with Crippen LogP contribution in [0, 0.1) is 17.2 Å². The van der Waals surface area contributed by atoms with Gasteiger partial charge in [-0.1, -0.05) is 19.9 Å². The van der Waals surface area contributed by atoms with Gasteiger partial charge in [0.25, 0.3) is 0 Å². The van der Waals surface area contributed by atoms with Crippen LogP contribution in [-0.4, -0.2) is 4.57 Å². The summed E-state index contributed by atoms with van der Waals surface area (Å²) in [5.41, 5.74) is 8.26. The predicted octanol–water partition coefficient (Wildman–Crippen LogP) is 2.33. The third-order valence-electron chi connectivity index (χ3n) is 2.27. The molecule has 1 rings (SSSR count). The molecule has 1 aromatic rings. The predicted molar refractivity (Wildman–Crippen MR) is 62.3 cm³/mol. The van der Waals surface area contributed by atoms with Crippen molar-refractivity contribution in [1.29, 1.82) is 5.26 Å². The molecule has 0 bridgehead atoms. The van der Waals surface area contributed by atoms with E-state index >= 15 is 0 Å². The summed E-state index contributed by atoms with van der Waals surface area (Å²) in [7, 11) is 0. The number of aromatic nitrogens is 1. The standard InChI is InChI=1S/C12H17N3/c1-4-5-15-10(8-13)7-11(14)12(15)6-9(2)3/h4,7,9H,1,5-6,14H2,2-3H3. The zero-order valence-electron chi connectivity index (χ0n) is 9.33. The minimum absolute atomic E-state index is 0.525. The Morgan fingerprint density at radius 1 is 1.67 bits per heavy atom. The Morgan fingerprint density at radius 2 is 2.33 bits per heavy atom. The normalized spacial score (nSPS) is 10.3. The van der Waals surface area contributed by atoms with E-state index in [4.69, 9.17) is 11.0 Å². The summed E-state index contributed by atoms with van der Waals surface area (Å²) in [6.45, 7) is 8.60. The second-order valence-corrected chi connectivity index (χ2v) is 4.04. The van der Waals surface area contributed by atoms with Crippen LogP contribution in [0.2, 0.25) is 0 Å². The maximum atomic E-state index is 8.96. The first-order chi connectivity index (χ1) is 7.10. The molecule has 3 nitrogen and oxygen atoms in total. The Hall–Kier alpha value is -1.69. The van der Waals surface area contributed by atoms with E-state index in [0.29, 0.717) is 23.8 Å². The second-order valence-electron chi connectivity index (χ2n) is 4.04. The Bertz CT molecular complexity index is 394. The highest BCUT2D eigenvalue weighted by Crippen LogP contribution is 2.21. The molecule has 0 aromatic carbocycles. The van der Waals surface area contributed by atoms with Gasteiger partial charge in [-0.25, -0.2) is 0 Å². The molecule has 0 saturated carbocycles. The van der Waals surface area contributed by atoms with E-state index < -0.39 is 0 Å². The maximum Gasteiger partial charge on any atom is 0.122 e. The molecular formula is C12H17N3. The van der Waals surface area contributed by atoms with Gasteiger partial charge in [-0.05, 0) is 18.4 Å². The number of allylic oxidation sites excluding steroid dienone is 1. The van der Waals surface area contributed by atoms with Crippen molar-refractivity contribution in [3.63, 3.8) is 0 Å².